The van der Waals surface area contributed by atoms with Crippen molar-refractivity contribution in [2.24, 2.45) is 5.73 Å². The minimum absolute atomic E-state index is 0.190. The van der Waals surface area contributed by atoms with E-state index in [0.717, 1.165) is 11.3 Å². The number of rotatable bonds is 5. The zero-order valence-electron chi connectivity index (χ0n) is 9.90. The molecule has 94 valence electrons. The fourth-order valence-corrected chi connectivity index (χ4v) is 1.64. The molecule has 0 spiro atoms. The molecule has 0 saturated heterocycles. The topological polar surface area (TPSA) is 110 Å². The molecule has 1 rings (SSSR count). The summed E-state index contributed by atoms with van der Waals surface area (Å²) in [6.45, 7) is 5.67. The average molecular weight is 257 g/mol. The Bertz CT molecular complexity index is 429. The van der Waals surface area contributed by atoms with Gasteiger partial charge in [-0.1, -0.05) is 11.3 Å². The third-order valence-corrected chi connectivity index (χ3v) is 2.87. The molecule has 1 heterocycles. The van der Waals surface area contributed by atoms with E-state index in [1.807, 2.05) is 6.92 Å². The molecule has 0 bridgehead atoms. The van der Waals surface area contributed by atoms with Gasteiger partial charge in [-0.15, -0.1) is 10.2 Å². The molecule has 4 N–H and O–H groups in total. The standard InChI is InChI=1S/C9H15N5O2S/c1-4-11-8-14-13-6(17-8)5(15)12-9(2,3)7(10)16/h4H2,1-3H3,(H2,10,16)(H,11,14)(H,12,15). The summed E-state index contributed by atoms with van der Waals surface area (Å²) in [7, 11) is 0. The summed E-state index contributed by atoms with van der Waals surface area (Å²) in [5, 5.41) is 13.7. The van der Waals surface area contributed by atoms with Gasteiger partial charge in [0.2, 0.25) is 16.0 Å². The van der Waals surface area contributed by atoms with Crippen LogP contribution in [-0.2, 0) is 4.79 Å². The molecule has 0 fully saturated rings. The largest absolute Gasteiger partial charge is 0.368 e. The van der Waals surface area contributed by atoms with Crippen molar-refractivity contribution in [2.45, 2.75) is 26.3 Å². The van der Waals surface area contributed by atoms with Gasteiger partial charge in [-0.2, -0.15) is 0 Å². The highest BCUT2D eigenvalue weighted by Crippen LogP contribution is 2.15. The summed E-state index contributed by atoms with van der Waals surface area (Å²) in [6, 6.07) is 0. The smallest absolute Gasteiger partial charge is 0.283 e. The number of nitrogens with zero attached hydrogens (tertiary/aromatic N) is 2. The second kappa shape index (κ2) is 5.09. The van der Waals surface area contributed by atoms with Crippen LogP contribution in [0.4, 0.5) is 5.13 Å². The highest BCUT2D eigenvalue weighted by atomic mass is 32.1. The van der Waals surface area contributed by atoms with Crippen LogP contribution in [0.15, 0.2) is 0 Å². The second-order valence-corrected chi connectivity index (χ2v) is 4.86. The molecule has 0 aliphatic rings. The number of primary amides is 1. The number of amides is 2. The van der Waals surface area contributed by atoms with Crippen molar-refractivity contribution >= 4 is 28.3 Å². The van der Waals surface area contributed by atoms with E-state index >= 15 is 0 Å². The monoisotopic (exact) mass is 257 g/mol. The third-order valence-electron chi connectivity index (χ3n) is 1.99. The molecular formula is C9H15N5O2S. The lowest BCUT2D eigenvalue weighted by Crippen LogP contribution is -2.53. The summed E-state index contributed by atoms with van der Waals surface area (Å²) in [6.07, 6.45) is 0. The lowest BCUT2D eigenvalue weighted by molar-refractivity contribution is -0.122. The Morgan fingerprint density at radius 3 is 2.59 bits per heavy atom. The SMILES string of the molecule is CCNc1nnc(C(=O)NC(C)(C)C(N)=O)s1. The van der Waals surface area contributed by atoms with E-state index in [2.05, 4.69) is 20.8 Å². The van der Waals surface area contributed by atoms with Crippen LogP contribution in [0, 0.1) is 0 Å². The van der Waals surface area contributed by atoms with Crippen LogP contribution in [-0.4, -0.2) is 34.1 Å². The van der Waals surface area contributed by atoms with Crippen LogP contribution in [0.3, 0.4) is 0 Å². The first-order chi connectivity index (χ1) is 7.86. The van der Waals surface area contributed by atoms with Crippen molar-refractivity contribution in [3.63, 3.8) is 0 Å². The van der Waals surface area contributed by atoms with Gasteiger partial charge in [0.1, 0.15) is 5.54 Å². The van der Waals surface area contributed by atoms with E-state index < -0.39 is 17.4 Å². The van der Waals surface area contributed by atoms with Gasteiger partial charge in [-0.3, -0.25) is 9.59 Å². The predicted molar refractivity (Wildman–Crippen MR) is 64.8 cm³/mol. The van der Waals surface area contributed by atoms with Crippen LogP contribution in [0.5, 0.6) is 0 Å². The van der Waals surface area contributed by atoms with Crippen LogP contribution < -0.4 is 16.4 Å². The van der Waals surface area contributed by atoms with Gasteiger partial charge in [-0.05, 0) is 20.8 Å². The zero-order valence-corrected chi connectivity index (χ0v) is 10.7. The predicted octanol–water partition coefficient (Wildman–Crippen LogP) is -0.0364. The number of carbonyl (C=O) groups excluding carboxylic acids is 2. The van der Waals surface area contributed by atoms with Crippen molar-refractivity contribution in [1.82, 2.24) is 15.5 Å². The van der Waals surface area contributed by atoms with E-state index in [0.29, 0.717) is 11.7 Å². The van der Waals surface area contributed by atoms with E-state index in [1.165, 1.54) is 13.8 Å². The second-order valence-electron chi connectivity index (χ2n) is 3.89. The number of hydrogen-bond donors (Lipinski definition) is 3. The molecule has 1 aromatic heterocycles. The minimum Gasteiger partial charge on any atom is -0.368 e. The highest BCUT2D eigenvalue weighted by molar-refractivity contribution is 7.17. The van der Waals surface area contributed by atoms with E-state index in [1.54, 1.807) is 0 Å². The fraction of sp³-hybridized carbons (Fsp3) is 0.556. The van der Waals surface area contributed by atoms with Crippen LogP contribution in [0.2, 0.25) is 0 Å². The summed E-state index contributed by atoms with van der Waals surface area (Å²) < 4.78 is 0. The summed E-state index contributed by atoms with van der Waals surface area (Å²) in [5.74, 6) is -1.07. The minimum atomic E-state index is -1.11. The highest BCUT2D eigenvalue weighted by Gasteiger charge is 2.28. The average Bonchev–Trinajstić information content (AvgIpc) is 2.66. The van der Waals surface area contributed by atoms with Crippen molar-refractivity contribution in [3.05, 3.63) is 5.01 Å². The molecule has 7 nitrogen and oxygen atoms in total. The van der Waals surface area contributed by atoms with Crippen molar-refractivity contribution in [2.75, 3.05) is 11.9 Å². The molecule has 0 radical (unpaired) electrons. The Morgan fingerprint density at radius 1 is 1.41 bits per heavy atom. The molecule has 0 aliphatic heterocycles. The van der Waals surface area contributed by atoms with Crippen molar-refractivity contribution < 1.29 is 9.59 Å². The maximum Gasteiger partial charge on any atom is 0.283 e. The molecule has 8 heteroatoms. The number of hydrogen-bond acceptors (Lipinski definition) is 6. The molecule has 0 aromatic carbocycles. The van der Waals surface area contributed by atoms with Gasteiger partial charge in [0, 0.05) is 6.54 Å². The molecule has 0 aliphatic carbocycles. The number of anilines is 1. The summed E-state index contributed by atoms with van der Waals surface area (Å²) >= 11 is 1.12. The first kappa shape index (κ1) is 13.4. The third kappa shape index (κ3) is 3.38. The van der Waals surface area contributed by atoms with Crippen molar-refractivity contribution in [3.8, 4) is 0 Å². The summed E-state index contributed by atoms with van der Waals surface area (Å²) in [5.41, 5.74) is 4.04. The van der Waals surface area contributed by atoms with Crippen molar-refractivity contribution in [1.29, 1.82) is 0 Å². The van der Waals surface area contributed by atoms with Gasteiger partial charge in [-0.25, -0.2) is 0 Å². The van der Waals surface area contributed by atoms with Crippen LogP contribution in [0.1, 0.15) is 30.6 Å². The van der Waals surface area contributed by atoms with E-state index in [-0.39, 0.29) is 5.01 Å². The van der Waals surface area contributed by atoms with E-state index in [9.17, 15) is 9.59 Å². The lowest BCUT2D eigenvalue weighted by Gasteiger charge is -2.21. The molecule has 0 atom stereocenters. The van der Waals surface area contributed by atoms with Gasteiger partial charge < -0.3 is 16.4 Å². The van der Waals surface area contributed by atoms with Gasteiger partial charge in [0.05, 0.1) is 0 Å². The Balaban J connectivity index is 2.73. The van der Waals surface area contributed by atoms with Crippen LogP contribution >= 0.6 is 11.3 Å². The normalized spacial score (nSPS) is 11.0. The first-order valence-electron chi connectivity index (χ1n) is 5.06. The zero-order chi connectivity index (χ0) is 13.1. The Kier molecular flexibility index (Phi) is 4.00. The molecule has 1 aromatic rings. The number of nitrogens with two attached hydrogens (primary N) is 1. The molecule has 0 saturated carbocycles. The molecule has 2 amide bonds. The maximum atomic E-state index is 11.7. The quantitative estimate of drug-likeness (QED) is 0.685. The Morgan fingerprint density at radius 2 is 2.06 bits per heavy atom. The summed E-state index contributed by atoms with van der Waals surface area (Å²) in [4.78, 5) is 22.8. The fourth-order valence-electron chi connectivity index (χ4n) is 0.937. The lowest BCUT2D eigenvalue weighted by atomic mass is 10.1. The first-order valence-corrected chi connectivity index (χ1v) is 5.88. The van der Waals surface area contributed by atoms with Gasteiger partial charge in [0.15, 0.2) is 0 Å². The van der Waals surface area contributed by atoms with E-state index in [4.69, 9.17) is 5.73 Å². The number of carbonyl (C=O) groups is 2. The van der Waals surface area contributed by atoms with Gasteiger partial charge >= 0.3 is 0 Å². The molecule has 0 unspecified atom stereocenters. The van der Waals surface area contributed by atoms with Crippen LogP contribution in [0.25, 0.3) is 0 Å². The molecular weight excluding hydrogens is 242 g/mol. The number of aromatic nitrogens is 2. The van der Waals surface area contributed by atoms with Gasteiger partial charge in [0.25, 0.3) is 5.91 Å². The molecule has 17 heavy (non-hydrogen) atoms. The maximum absolute atomic E-state index is 11.7. The Hall–Kier alpha value is -1.70. The number of nitrogens with one attached hydrogen (secondary N) is 2. The Labute approximate surface area is 103 Å².